The molecule has 5 heteroatoms. The summed E-state index contributed by atoms with van der Waals surface area (Å²) in [4.78, 5) is 4.34. The number of morpholine rings is 1. The normalized spacial score (nSPS) is 21.7. The SMILES string of the molecule is Cc1nc2cc(C(N)CC3COCCN3)ccc2o1. The number of aryl methyl sites for hydroxylation is 1. The third-order valence-electron chi connectivity index (χ3n) is 3.48. The van der Waals surface area contributed by atoms with E-state index in [1.807, 2.05) is 25.1 Å². The monoisotopic (exact) mass is 261 g/mol. The molecular formula is C14H19N3O2. The van der Waals surface area contributed by atoms with E-state index in [2.05, 4.69) is 10.3 Å². The van der Waals surface area contributed by atoms with Crippen LogP contribution in [-0.4, -0.2) is 30.8 Å². The van der Waals surface area contributed by atoms with Gasteiger partial charge in [0, 0.05) is 25.6 Å². The molecule has 1 fully saturated rings. The van der Waals surface area contributed by atoms with E-state index in [-0.39, 0.29) is 6.04 Å². The van der Waals surface area contributed by atoms with Crippen LogP contribution in [0.15, 0.2) is 22.6 Å². The number of ether oxygens (including phenoxy) is 1. The van der Waals surface area contributed by atoms with Crippen LogP contribution in [0.1, 0.15) is 23.9 Å². The van der Waals surface area contributed by atoms with Crippen LogP contribution >= 0.6 is 0 Å². The molecule has 0 radical (unpaired) electrons. The number of hydrogen-bond donors (Lipinski definition) is 2. The second-order valence-corrected chi connectivity index (χ2v) is 5.03. The van der Waals surface area contributed by atoms with Gasteiger partial charge in [0.2, 0.25) is 0 Å². The maximum Gasteiger partial charge on any atom is 0.192 e. The van der Waals surface area contributed by atoms with Gasteiger partial charge in [-0.15, -0.1) is 0 Å². The summed E-state index contributed by atoms with van der Waals surface area (Å²) in [7, 11) is 0. The number of hydrogen-bond acceptors (Lipinski definition) is 5. The lowest BCUT2D eigenvalue weighted by atomic mass is 9.99. The number of nitrogens with two attached hydrogens (primary N) is 1. The van der Waals surface area contributed by atoms with Crippen LogP contribution in [0.2, 0.25) is 0 Å². The molecule has 5 nitrogen and oxygen atoms in total. The number of aromatic nitrogens is 1. The van der Waals surface area contributed by atoms with Crippen molar-refractivity contribution < 1.29 is 9.15 Å². The van der Waals surface area contributed by atoms with Gasteiger partial charge in [-0.3, -0.25) is 0 Å². The van der Waals surface area contributed by atoms with Crippen LogP contribution in [0.25, 0.3) is 11.1 Å². The number of oxazole rings is 1. The van der Waals surface area contributed by atoms with Gasteiger partial charge < -0.3 is 20.2 Å². The van der Waals surface area contributed by atoms with E-state index in [1.54, 1.807) is 0 Å². The maximum absolute atomic E-state index is 6.27. The van der Waals surface area contributed by atoms with Gasteiger partial charge in [0.25, 0.3) is 0 Å². The summed E-state index contributed by atoms with van der Waals surface area (Å²) in [6.07, 6.45) is 0.863. The standard InChI is InChI=1S/C14H19N3O2/c1-9-17-13-6-10(2-3-14(13)19-9)12(15)7-11-8-18-5-4-16-11/h2-3,6,11-12,16H,4-5,7-8,15H2,1H3. The molecule has 102 valence electrons. The average molecular weight is 261 g/mol. The molecule has 2 unspecified atom stereocenters. The van der Waals surface area contributed by atoms with Gasteiger partial charge in [-0.1, -0.05) is 6.07 Å². The van der Waals surface area contributed by atoms with Crippen molar-refractivity contribution in [1.29, 1.82) is 0 Å². The van der Waals surface area contributed by atoms with Crippen LogP contribution in [-0.2, 0) is 4.74 Å². The quantitative estimate of drug-likeness (QED) is 0.876. The minimum atomic E-state index is -0.0133. The van der Waals surface area contributed by atoms with Gasteiger partial charge in [-0.25, -0.2) is 4.98 Å². The van der Waals surface area contributed by atoms with Crippen molar-refractivity contribution in [3.63, 3.8) is 0 Å². The predicted octanol–water partition coefficient (Wildman–Crippen LogP) is 1.51. The highest BCUT2D eigenvalue weighted by molar-refractivity contribution is 5.73. The summed E-state index contributed by atoms with van der Waals surface area (Å²) in [5.41, 5.74) is 9.05. The molecule has 1 aliphatic rings. The first-order chi connectivity index (χ1) is 9.22. The van der Waals surface area contributed by atoms with E-state index in [9.17, 15) is 0 Å². The molecule has 3 rings (SSSR count). The second-order valence-electron chi connectivity index (χ2n) is 5.03. The minimum Gasteiger partial charge on any atom is -0.441 e. The minimum absolute atomic E-state index is 0.0133. The third-order valence-corrected chi connectivity index (χ3v) is 3.48. The van der Waals surface area contributed by atoms with Gasteiger partial charge in [0.05, 0.1) is 13.2 Å². The van der Waals surface area contributed by atoms with Crippen molar-refractivity contribution in [3.05, 3.63) is 29.7 Å². The van der Waals surface area contributed by atoms with Gasteiger partial charge in [-0.2, -0.15) is 0 Å². The summed E-state index contributed by atoms with van der Waals surface area (Å²) in [5.74, 6) is 0.683. The molecule has 1 aromatic heterocycles. The first-order valence-electron chi connectivity index (χ1n) is 6.66. The zero-order chi connectivity index (χ0) is 13.2. The van der Waals surface area contributed by atoms with Gasteiger partial charge in [-0.05, 0) is 24.1 Å². The molecule has 2 atom stereocenters. The summed E-state index contributed by atoms with van der Waals surface area (Å²) >= 11 is 0. The van der Waals surface area contributed by atoms with Crippen molar-refractivity contribution >= 4 is 11.1 Å². The number of rotatable bonds is 3. The molecule has 1 aromatic carbocycles. The number of nitrogens with one attached hydrogen (secondary N) is 1. The first kappa shape index (κ1) is 12.6. The average Bonchev–Trinajstić information content (AvgIpc) is 2.78. The predicted molar refractivity (Wildman–Crippen MR) is 72.9 cm³/mol. The molecule has 0 amide bonds. The Hall–Kier alpha value is -1.43. The Morgan fingerprint density at radius 1 is 1.53 bits per heavy atom. The number of benzene rings is 1. The topological polar surface area (TPSA) is 73.3 Å². The summed E-state index contributed by atoms with van der Waals surface area (Å²) in [5, 5.41) is 3.42. The molecule has 0 spiro atoms. The molecule has 2 aromatic rings. The lowest BCUT2D eigenvalue weighted by Crippen LogP contribution is -2.42. The molecule has 2 heterocycles. The fourth-order valence-corrected chi connectivity index (χ4v) is 2.50. The summed E-state index contributed by atoms with van der Waals surface area (Å²) < 4.78 is 10.9. The Kier molecular flexibility index (Phi) is 3.50. The van der Waals surface area contributed by atoms with Crippen LogP contribution < -0.4 is 11.1 Å². The second kappa shape index (κ2) is 5.28. The van der Waals surface area contributed by atoms with E-state index in [1.165, 1.54) is 0 Å². The third kappa shape index (κ3) is 2.78. The Bertz CT molecular complexity index is 561. The van der Waals surface area contributed by atoms with E-state index < -0.39 is 0 Å². The van der Waals surface area contributed by atoms with Crippen LogP contribution in [0.4, 0.5) is 0 Å². The van der Waals surface area contributed by atoms with E-state index in [0.717, 1.165) is 42.8 Å². The molecule has 19 heavy (non-hydrogen) atoms. The highest BCUT2D eigenvalue weighted by atomic mass is 16.5. The Morgan fingerprint density at radius 2 is 2.42 bits per heavy atom. The van der Waals surface area contributed by atoms with Gasteiger partial charge >= 0.3 is 0 Å². The van der Waals surface area contributed by atoms with E-state index >= 15 is 0 Å². The zero-order valence-electron chi connectivity index (χ0n) is 11.1. The smallest absolute Gasteiger partial charge is 0.192 e. The van der Waals surface area contributed by atoms with Crippen molar-refractivity contribution in [2.45, 2.75) is 25.4 Å². The molecule has 1 aliphatic heterocycles. The van der Waals surface area contributed by atoms with Crippen LogP contribution in [0.3, 0.4) is 0 Å². The zero-order valence-corrected chi connectivity index (χ0v) is 11.1. The largest absolute Gasteiger partial charge is 0.441 e. The lowest BCUT2D eigenvalue weighted by molar-refractivity contribution is 0.0720. The molecular weight excluding hydrogens is 242 g/mol. The number of fused-ring (bicyclic) bond motifs is 1. The highest BCUT2D eigenvalue weighted by Crippen LogP contribution is 2.22. The van der Waals surface area contributed by atoms with Gasteiger partial charge in [0.15, 0.2) is 11.5 Å². The highest BCUT2D eigenvalue weighted by Gasteiger charge is 2.18. The molecule has 3 N–H and O–H groups in total. The Morgan fingerprint density at radius 3 is 3.21 bits per heavy atom. The molecule has 0 saturated carbocycles. The summed E-state index contributed by atoms with van der Waals surface area (Å²) in [6.45, 7) is 4.27. The van der Waals surface area contributed by atoms with Crippen LogP contribution in [0.5, 0.6) is 0 Å². The maximum atomic E-state index is 6.27. The van der Waals surface area contributed by atoms with Crippen molar-refractivity contribution in [3.8, 4) is 0 Å². The number of nitrogens with zero attached hydrogens (tertiary/aromatic N) is 1. The Balaban J connectivity index is 1.74. The first-order valence-corrected chi connectivity index (χ1v) is 6.66. The lowest BCUT2D eigenvalue weighted by Gasteiger charge is -2.26. The van der Waals surface area contributed by atoms with Crippen LogP contribution in [0, 0.1) is 6.92 Å². The van der Waals surface area contributed by atoms with E-state index in [0.29, 0.717) is 11.9 Å². The fourth-order valence-electron chi connectivity index (χ4n) is 2.50. The van der Waals surface area contributed by atoms with E-state index in [4.69, 9.17) is 14.9 Å². The van der Waals surface area contributed by atoms with Crippen molar-refractivity contribution in [2.24, 2.45) is 5.73 Å². The molecule has 1 saturated heterocycles. The summed E-state index contributed by atoms with van der Waals surface area (Å²) in [6, 6.07) is 6.29. The van der Waals surface area contributed by atoms with Crippen molar-refractivity contribution in [1.82, 2.24) is 10.3 Å². The van der Waals surface area contributed by atoms with Crippen molar-refractivity contribution in [2.75, 3.05) is 19.8 Å². The molecule has 0 aliphatic carbocycles. The molecule has 0 bridgehead atoms. The van der Waals surface area contributed by atoms with Gasteiger partial charge in [0.1, 0.15) is 5.52 Å². The fraction of sp³-hybridized carbons (Fsp3) is 0.500. The Labute approximate surface area is 112 Å².